The van der Waals surface area contributed by atoms with Crippen LogP contribution in [0.15, 0.2) is 41.3 Å². The zero-order chi connectivity index (χ0) is 18.9. The molecule has 1 fully saturated rings. The summed E-state index contributed by atoms with van der Waals surface area (Å²) in [7, 11) is -3.90. The summed E-state index contributed by atoms with van der Waals surface area (Å²) in [6.45, 7) is 2.49. The molecule has 2 aromatic rings. The molecular weight excluding hydrogens is 379 g/mol. The van der Waals surface area contributed by atoms with Crippen LogP contribution in [-0.4, -0.2) is 20.9 Å². The highest BCUT2D eigenvalue weighted by atomic mass is 35.5. The molecule has 138 valence electrons. The predicted octanol–water partition coefficient (Wildman–Crippen LogP) is 4.11. The number of nitrogens with zero attached hydrogens (tertiary/aromatic N) is 1. The van der Waals surface area contributed by atoms with Gasteiger partial charge in [-0.05, 0) is 61.7 Å². The number of amides is 1. The first kappa shape index (κ1) is 18.7. The number of carbonyl (C=O) groups is 1. The van der Waals surface area contributed by atoms with E-state index in [2.05, 4.69) is 4.72 Å². The van der Waals surface area contributed by atoms with Gasteiger partial charge in [0.2, 0.25) is 5.91 Å². The van der Waals surface area contributed by atoms with E-state index >= 15 is 0 Å². The van der Waals surface area contributed by atoms with Crippen LogP contribution in [-0.2, 0) is 14.8 Å². The summed E-state index contributed by atoms with van der Waals surface area (Å²) in [6.07, 6.45) is 2.37. The Bertz CT molecular complexity index is 963. The second-order valence-electron chi connectivity index (χ2n) is 6.19. The van der Waals surface area contributed by atoms with Crippen molar-refractivity contribution in [3.05, 3.63) is 52.8 Å². The van der Waals surface area contributed by atoms with Gasteiger partial charge in [-0.1, -0.05) is 11.6 Å². The maximum atomic E-state index is 13.2. The Hall–Kier alpha value is -2.12. The fourth-order valence-electron chi connectivity index (χ4n) is 2.94. The van der Waals surface area contributed by atoms with Gasteiger partial charge in [-0.2, -0.15) is 0 Å². The molecular formula is C18H18ClFN2O3S. The number of sulfonamides is 1. The number of aryl methyl sites for hydroxylation is 1. The number of anilines is 2. The van der Waals surface area contributed by atoms with Gasteiger partial charge >= 0.3 is 0 Å². The third kappa shape index (κ3) is 3.83. The lowest BCUT2D eigenvalue weighted by atomic mass is 10.1. The molecule has 8 heteroatoms. The zero-order valence-corrected chi connectivity index (χ0v) is 15.7. The standard InChI is InChI=1S/C18H18ClFN2O3S/c1-12-10-13(5-8-17(12)22-9-3-2-4-18(22)23)21-26(24,25)14-6-7-16(20)15(19)11-14/h5-8,10-11,21H,2-4,9H2,1H3. The lowest BCUT2D eigenvalue weighted by Crippen LogP contribution is -2.35. The first-order chi connectivity index (χ1) is 12.3. The van der Waals surface area contributed by atoms with Crippen LogP contribution in [0.25, 0.3) is 0 Å². The molecule has 1 amide bonds. The third-order valence-electron chi connectivity index (χ3n) is 4.26. The van der Waals surface area contributed by atoms with E-state index in [1.54, 1.807) is 23.1 Å². The average Bonchev–Trinajstić information content (AvgIpc) is 2.58. The Kier molecular flexibility index (Phi) is 5.20. The van der Waals surface area contributed by atoms with Gasteiger partial charge in [0, 0.05) is 24.3 Å². The molecule has 5 nitrogen and oxygen atoms in total. The number of hydrogen-bond acceptors (Lipinski definition) is 3. The minimum atomic E-state index is -3.90. The monoisotopic (exact) mass is 396 g/mol. The van der Waals surface area contributed by atoms with E-state index in [0.717, 1.165) is 42.3 Å². The molecule has 0 radical (unpaired) electrons. The van der Waals surface area contributed by atoms with Crippen LogP contribution < -0.4 is 9.62 Å². The van der Waals surface area contributed by atoms with Gasteiger partial charge in [0.05, 0.1) is 9.92 Å². The summed E-state index contributed by atoms with van der Waals surface area (Å²) >= 11 is 5.66. The SMILES string of the molecule is Cc1cc(NS(=O)(=O)c2ccc(F)c(Cl)c2)ccc1N1CCCCC1=O. The number of nitrogens with one attached hydrogen (secondary N) is 1. The van der Waals surface area contributed by atoms with Crippen molar-refractivity contribution in [3.8, 4) is 0 Å². The van der Waals surface area contributed by atoms with E-state index in [-0.39, 0.29) is 15.8 Å². The van der Waals surface area contributed by atoms with Crippen molar-refractivity contribution in [3.63, 3.8) is 0 Å². The Labute approximate surface area is 156 Å². The molecule has 3 rings (SSSR count). The Balaban J connectivity index is 1.85. The van der Waals surface area contributed by atoms with Gasteiger partial charge in [0.25, 0.3) is 10.0 Å². The summed E-state index contributed by atoms with van der Waals surface area (Å²) in [5.41, 5.74) is 1.93. The zero-order valence-electron chi connectivity index (χ0n) is 14.1. The number of benzene rings is 2. The van der Waals surface area contributed by atoms with Gasteiger partial charge < -0.3 is 4.90 Å². The summed E-state index contributed by atoms with van der Waals surface area (Å²) in [4.78, 5) is 13.7. The van der Waals surface area contributed by atoms with Crippen LogP contribution in [0.4, 0.5) is 15.8 Å². The fourth-order valence-corrected chi connectivity index (χ4v) is 4.26. The first-order valence-corrected chi connectivity index (χ1v) is 10.0. The van der Waals surface area contributed by atoms with Crippen molar-refractivity contribution >= 4 is 38.9 Å². The minimum Gasteiger partial charge on any atom is -0.312 e. The molecule has 0 spiro atoms. The van der Waals surface area contributed by atoms with Gasteiger partial charge in [-0.3, -0.25) is 9.52 Å². The Morgan fingerprint density at radius 3 is 2.58 bits per heavy atom. The Morgan fingerprint density at radius 2 is 1.92 bits per heavy atom. The maximum Gasteiger partial charge on any atom is 0.261 e. The third-order valence-corrected chi connectivity index (χ3v) is 5.93. The minimum absolute atomic E-state index is 0.0774. The van der Waals surface area contributed by atoms with Gasteiger partial charge in [-0.15, -0.1) is 0 Å². The van der Waals surface area contributed by atoms with Crippen molar-refractivity contribution in [1.82, 2.24) is 0 Å². The van der Waals surface area contributed by atoms with Crippen molar-refractivity contribution in [2.24, 2.45) is 0 Å². The molecule has 26 heavy (non-hydrogen) atoms. The summed E-state index contributed by atoms with van der Waals surface area (Å²) < 4.78 is 40.6. The van der Waals surface area contributed by atoms with Crippen LogP contribution in [0.1, 0.15) is 24.8 Å². The Morgan fingerprint density at radius 1 is 1.15 bits per heavy atom. The molecule has 0 atom stereocenters. The molecule has 1 heterocycles. The van der Waals surface area contributed by atoms with Crippen LogP contribution >= 0.6 is 11.6 Å². The van der Waals surface area contributed by atoms with Crippen molar-refractivity contribution in [2.75, 3.05) is 16.2 Å². The van der Waals surface area contributed by atoms with Crippen LogP contribution in [0, 0.1) is 12.7 Å². The number of halogens is 2. The topological polar surface area (TPSA) is 66.5 Å². The lowest BCUT2D eigenvalue weighted by molar-refractivity contribution is -0.119. The van der Waals surface area contributed by atoms with Crippen molar-refractivity contribution in [2.45, 2.75) is 31.1 Å². The molecule has 0 bridgehead atoms. The van der Waals surface area contributed by atoms with Crippen LogP contribution in [0.5, 0.6) is 0 Å². The van der Waals surface area contributed by atoms with Gasteiger partial charge in [0.15, 0.2) is 0 Å². The van der Waals surface area contributed by atoms with E-state index in [9.17, 15) is 17.6 Å². The first-order valence-electron chi connectivity index (χ1n) is 8.17. The molecule has 1 aliphatic rings. The molecule has 1 aliphatic heterocycles. The normalized spacial score (nSPS) is 15.2. The van der Waals surface area contributed by atoms with E-state index in [1.165, 1.54) is 0 Å². The number of hydrogen-bond donors (Lipinski definition) is 1. The quantitative estimate of drug-likeness (QED) is 0.845. The van der Waals surface area contributed by atoms with E-state index in [0.29, 0.717) is 18.7 Å². The fraction of sp³-hybridized carbons (Fsp3) is 0.278. The highest BCUT2D eigenvalue weighted by Gasteiger charge is 2.22. The molecule has 0 aromatic heterocycles. The van der Waals surface area contributed by atoms with E-state index in [4.69, 9.17) is 11.6 Å². The van der Waals surface area contributed by atoms with Gasteiger partial charge in [-0.25, -0.2) is 12.8 Å². The molecule has 1 N–H and O–H groups in total. The smallest absolute Gasteiger partial charge is 0.261 e. The van der Waals surface area contributed by atoms with Crippen LogP contribution in [0.2, 0.25) is 5.02 Å². The van der Waals surface area contributed by atoms with Crippen molar-refractivity contribution < 1.29 is 17.6 Å². The number of rotatable bonds is 4. The summed E-state index contributed by atoms with van der Waals surface area (Å²) in [5.74, 6) is -0.606. The molecule has 2 aromatic carbocycles. The molecule has 1 saturated heterocycles. The summed E-state index contributed by atoms with van der Waals surface area (Å²) in [6, 6.07) is 8.22. The second kappa shape index (κ2) is 7.25. The molecule has 0 saturated carbocycles. The average molecular weight is 397 g/mol. The van der Waals surface area contributed by atoms with Crippen molar-refractivity contribution in [1.29, 1.82) is 0 Å². The van der Waals surface area contributed by atoms with Crippen LogP contribution in [0.3, 0.4) is 0 Å². The number of piperidine rings is 1. The number of carbonyl (C=O) groups excluding carboxylic acids is 1. The second-order valence-corrected chi connectivity index (χ2v) is 8.27. The molecule has 0 aliphatic carbocycles. The lowest BCUT2D eigenvalue weighted by Gasteiger charge is -2.28. The predicted molar refractivity (Wildman–Crippen MR) is 99.6 cm³/mol. The highest BCUT2D eigenvalue weighted by Crippen LogP contribution is 2.28. The largest absolute Gasteiger partial charge is 0.312 e. The van der Waals surface area contributed by atoms with E-state index in [1.807, 2.05) is 6.92 Å². The maximum absolute atomic E-state index is 13.2. The highest BCUT2D eigenvalue weighted by molar-refractivity contribution is 7.92. The van der Waals surface area contributed by atoms with E-state index < -0.39 is 15.8 Å². The summed E-state index contributed by atoms with van der Waals surface area (Å²) in [5, 5.41) is -0.261. The van der Waals surface area contributed by atoms with Gasteiger partial charge in [0.1, 0.15) is 5.82 Å². The molecule has 0 unspecified atom stereocenters.